The van der Waals surface area contributed by atoms with E-state index in [0.29, 0.717) is 0 Å². The number of rotatable bonds is 4. The molecule has 3 saturated carbocycles. The zero-order valence-corrected chi connectivity index (χ0v) is 13.6. The quantitative estimate of drug-likeness (QED) is 0.533. The molecular weight excluding hydrogens is 240 g/mol. The van der Waals surface area contributed by atoms with Crippen LogP contribution >= 0.6 is 0 Å². The zero-order valence-electron chi connectivity index (χ0n) is 13.6. The summed E-state index contributed by atoms with van der Waals surface area (Å²) in [4.78, 5) is 0. The molecule has 0 aromatic rings. The van der Waals surface area contributed by atoms with Crippen molar-refractivity contribution in [3.05, 3.63) is 0 Å². The Kier molecular flexibility index (Phi) is 5.86. The van der Waals surface area contributed by atoms with E-state index in [-0.39, 0.29) is 0 Å². The molecule has 0 heteroatoms. The molecule has 0 radical (unpaired) electrons. The van der Waals surface area contributed by atoms with Crippen LogP contribution in [0.3, 0.4) is 0 Å². The van der Waals surface area contributed by atoms with E-state index < -0.39 is 0 Å². The fraction of sp³-hybridized carbons (Fsp3) is 1.00. The molecule has 0 aromatic heterocycles. The van der Waals surface area contributed by atoms with Gasteiger partial charge in [0.25, 0.3) is 0 Å². The highest BCUT2D eigenvalue weighted by molar-refractivity contribution is 4.81. The first-order chi connectivity index (χ1) is 9.92. The molecule has 0 N–H and O–H groups in total. The Hall–Kier alpha value is 0. The smallest absolute Gasteiger partial charge is 0.0383 e. The van der Waals surface area contributed by atoms with Gasteiger partial charge in [-0.15, -0.1) is 0 Å². The summed E-state index contributed by atoms with van der Waals surface area (Å²) in [6.45, 7) is 0. The van der Waals surface area contributed by atoms with Gasteiger partial charge in [-0.1, -0.05) is 89.9 Å². The summed E-state index contributed by atoms with van der Waals surface area (Å²) in [5, 5.41) is 0. The van der Waals surface area contributed by atoms with Crippen LogP contribution in [0.5, 0.6) is 0 Å². The zero-order chi connectivity index (χ0) is 13.6. The molecule has 116 valence electrons. The Bertz CT molecular complexity index is 229. The van der Waals surface area contributed by atoms with Crippen LogP contribution in [-0.2, 0) is 0 Å². The second kappa shape index (κ2) is 7.85. The van der Waals surface area contributed by atoms with Gasteiger partial charge in [-0.3, -0.25) is 0 Å². The third-order valence-corrected chi connectivity index (χ3v) is 6.79. The first-order valence-corrected chi connectivity index (χ1v) is 9.92. The third-order valence-electron chi connectivity index (χ3n) is 6.79. The predicted octanol–water partition coefficient (Wildman–Crippen LogP) is 6.73. The summed E-state index contributed by atoms with van der Waals surface area (Å²) < 4.78 is 0. The molecular formula is C20H36. The van der Waals surface area contributed by atoms with E-state index in [1.165, 1.54) is 38.5 Å². The second-order valence-corrected chi connectivity index (χ2v) is 8.28. The monoisotopic (exact) mass is 276 g/mol. The highest BCUT2D eigenvalue weighted by atomic mass is 14.4. The Morgan fingerprint density at radius 3 is 1.15 bits per heavy atom. The number of hydrogen-bond donors (Lipinski definition) is 0. The fourth-order valence-corrected chi connectivity index (χ4v) is 5.61. The Labute approximate surface area is 127 Å². The standard InChI is InChI=1S/C20H36/c1-3-9-17(10-4-1)15-19-13-7-8-14-20(19)16-18-11-5-2-6-12-18/h17-20H,1-16H2. The van der Waals surface area contributed by atoms with E-state index >= 15 is 0 Å². The average Bonchev–Trinajstić information content (AvgIpc) is 2.51. The van der Waals surface area contributed by atoms with Crippen LogP contribution < -0.4 is 0 Å². The second-order valence-electron chi connectivity index (χ2n) is 8.28. The van der Waals surface area contributed by atoms with Crippen molar-refractivity contribution in [2.45, 2.75) is 103 Å². The first kappa shape index (κ1) is 14.9. The predicted molar refractivity (Wildman–Crippen MR) is 87.8 cm³/mol. The molecule has 0 saturated heterocycles. The molecule has 3 aliphatic rings. The van der Waals surface area contributed by atoms with Crippen LogP contribution in [0.2, 0.25) is 0 Å². The van der Waals surface area contributed by atoms with Crippen molar-refractivity contribution >= 4 is 0 Å². The van der Waals surface area contributed by atoms with E-state index in [1.807, 2.05) is 0 Å². The Balaban J connectivity index is 1.49. The van der Waals surface area contributed by atoms with Crippen molar-refractivity contribution < 1.29 is 0 Å². The third kappa shape index (κ3) is 4.25. The molecule has 2 unspecified atom stereocenters. The highest BCUT2D eigenvalue weighted by Gasteiger charge is 2.30. The molecule has 0 amide bonds. The van der Waals surface area contributed by atoms with E-state index in [4.69, 9.17) is 0 Å². The van der Waals surface area contributed by atoms with Gasteiger partial charge in [-0.2, -0.15) is 0 Å². The Morgan fingerprint density at radius 2 is 0.750 bits per heavy atom. The van der Waals surface area contributed by atoms with Crippen LogP contribution in [0.4, 0.5) is 0 Å². The van der Waals surface area contributed by atoms with Gasteiger partial charge >= 0.3 is 0 Å². The summed E-state index contributed by atoms with van der Waals surface area (Å²) in [7, 11) is 0. The molecule has 3 fully saturated rings. The molecule has 0 heterocycles. The first-order valence-electron chi connectivity index (χ1n) is 9.92. The lowest BCUT2D eigenvalue weighted by molar-refractivity contribution is 0.141. The minimum absolute atomic E-state index is 1.11. The Morgan fingerprint density at radius 1 is 0.400 bits per heavy atom. The summed E-state index contributed by atoms with van der Waals surface area (Å²) in [5.41, 5.74) is 0. The van der Waals surface area contributed by atoms with Crippen LogP contribution in [0.15, 0.2) is 0 Å². The topological polar surface area (TPSA) is 0 Å². The van der Waals surface area contributed by atoms with Gasteiger partial charge < -0.3 is 0 Å². The van der Waals surface area contributed by atoms with Gasteiger partial charge in [-0.25, -0.2) is 0 Å². The van der Waals surface area contributed by atoms with Crippen LogP contribution in [-0.4, -0.2) is 0 Å². The maximum absolute atomic E-state index is 1.61. The lowest BCUT2D eigenvalue weighted by Gasteiger charge is -2.37. The molecule has 3 aliphatic carbocycles. The van der Waals surface area contributed by atoms with Gasteiger partial charge in [0, 0.05) is 0 Å². The largest absolute Gasteiger partial charge is 0.0533 e. The van der Waals surface area contributed by atoms with E-state index in [2.05, 4.69) is 0 Å². The fourth-order valence-electron chi connectivity index (χ4n) is 5.61. The minimum Gasteiger partial charge on any atom is -0.0533 e. The van der Waals surface area contributed by atoms with Crippen LogP contribution in [0, 0.1) is 23.7 Å². The summed E-state index contributed by atoms with van der Waals surface area (Å²) in [6, 6.07) is 0. The normalized spacial score (nSPS) is 34.2. The minimum atomic E-state index is 1.11. The molecule has 0 spiro atoms. The number of hydrogen-bond acceptors (Lipinski definition) is 0. The summed E-state index contributed by atoms with van der Waals surface area (Å²) >= 11 is 0. The van der Waals surface area contributed by atoms with E-state index in [9.17, 15) is 0 Å². The summed E-state index contributed by atoms with van der Waals surface area (Å²) in [6.07, 6.45) is 24.9. The van der Waals surface area contributed by atoms with Crippen LogP contribution in [0.1, 0.15) is 103 Å². The lowest BCUT2D eigenvalue weighted by Crippen LogP contribution is -2.25. The van der Waals surface area contributed by atoms with E-state index in [0.717, 1.165) is 23.7 Å². The van der Waals surface area contributed by atoms with Crippen molar-refractivity contribution in [2.75, 3.05) is 0 Å². The van der Waals surface area contributed by atoms with E-state index in [1.54, 1.807) is 64.2 Å². The SMILES string of the molecule is C1CCC(CC2CCCCC2CC2CCCCC2)CC1. The van der Waals surface area contributed by atoms with Crippen molar-refractivity contribution in [3.8, 4) is 0 Å². The van der Waals surface area contributed by atoms with Gasteiger partial charge in [0.2, 0.25) is 0 Å². The molecule has 0 aromatic carbocycles. The van der Waals surface area contributed by atoms with Crippen molar-refractivity contribution in [1.82, 2.24) is 0 Å². The lowest BCUT2D eigenvalue weighted by atomic mass is 9.68. The van der Waals surface area contributed by atoms with Crippen molar-refractivity contribution in [1.29, 1.82) is 0 Å². The van der Waals surface area contributed by atoms with Gasteiger partial charge in [0.15, 0.2) is 0 Å². The van der Waals surface area contributed by atoms with Gasteiger partial charge in [0.1, 0.15) is 0 Å². The van der Waals surface area contributed by atoms with Crippen molar-refractivity contribution in [2.24, 2.45) is 23.7 Å². The molecule has 3 rings (SSSR count). The maximum Gasteiger partial charge on any atom is -0.0383 e. The molecule has 0 bridgehead atoms. The molecule has 20 heavy (non-hydrogen) atoms. The van der Waals surface area contributed by atoms with Gasteiger partial charge in [-0.05, 0) is 36.5 Å². The van der Waals surface area contributed by atoms with Gasteiger partial charge in [0.05, 0.1) is 0 Å². The van der Waals surface area contributed by atoms with Crippen LogP contribution in [0.25, 0.3) is 0 Å². The van der Waals surface area contributed by atoms with Crippen molar-refractivity contribution in [3.63, 3.8) is 0 Å². The molecule has 2 atom stereocenters. The highest BCUT2D eigenvalue weighted by Crippen LogP contribution is 2.42. The molecule has 0 nitrogen and oxygen atoms in total. The molecule has 0 aliphatic heterocycles. The summed E-state index contributed by atoms with van der Waals surface area (Å²) in [5.74, 6) is 4.46. The maximum atomic E-state index is 1.61. The average molecular weight is 277 g/mol.